The zero-order chi connectivity index (χ0) is 31.5. The van der Waals surface area contributed by atoms with Crippen molar-refractivity contribution < 1.29 is 47.7 Å². The minimum atomic E-state index is -0.729. The number of carbonyl (C=O) groups is 3. The summed E-state index contributed by atoms with van der Waals surface area (Å²) in [7, 11) is 0. The maximum absolute atomic E-state index is 12.3. The molecular formula is C31H47NO11. The number of nitro groups is 1. The summed E-state index contributed by atoms with van der Waals surface area (Å²) in [5, 5.41) is 11.6. The first-order valence-corrected chi connectivity index (χ1v) is 15.0. The van der Waals surface area contributed by atoms with Crippen molar-refractivity contribution in [1.82, 2.24) is 0 Å². The third kappa shape index (κ3) is 19.5. The Kier molecular flexibility index (Phi) is 22.1. The molecule has 0 saturated carbocycles. The van der Waals surface area contributed by atoms with E-state index >= 15 is 0 Å². The Balaban J connectivity index is 2.21. The molecule has 0 amide bonds. The van der Waals surface area contributed by atoms with Crippen LogP contribution < -0.4 is 0 Å². The lowest BCUT2D eigenvalue weighted by Gasteiger charge is -2.09. The number of unbranched alkanes of at least 4 members (excludes halogenated alkanes) is 8. The summed E-state index contributed by atoms with van der Waals surface area (Å²) in [6.07, 6.45) is 11.6. The van der Waals surface area contributed by atoms with Crippen molar-refractivity contribution >= 4 is 23.6 Å². The molecule has 12 heteroatoms. The fourth-order valence-electron chi connectivity index (χ4n) is 3.87. The minimum absolute atomic E-state index is 0.0130. The van der Waals surface area contributed by atoms with Crippen molar-refractivity contribution in [3.63, 3.8) is 0 Å². The van der Waals surface area contributed by atoms with Crippen LogP contribution in [0.1, 0.15) is 87.1 Å². The quantitative estimate of drug-likeness (QED) is 0.0311. The molecule has 0 saturated heterocycles. The van der Waals surface area contributed by atoms with Crippen LogP contribution in [0.2, 0.25) is 0 Å². The first-order chi connectivity index (χ1) is 20.9. The third-order valence-corrected chi connectivity index (χ3v) is 6.23. The van der Waals surface area contributed by atoms with E-state index in [-0.39, 0.29) is 62.9 Å². The number of benzene rings is 1. The summed E-state index contributed by atoms with van der Waals surface area (Å²) in [4.78, 5) is 46.2. The zero-order valence-electron chi connectivity index (χ0n) is 25.4. The normalized spacial score (nSPS) is 10.7. The van der Waals surface area contributed by atoms with Crippen molar-refractivity contribution in [3.8, 4) is 0 Å². The van der Waals surface area contributed by atoms with Crippen LogP contribution in [-0.2, 0) is 44.6 Å². The van der Waals surface area contributed by atoms with E-state index < -0.39 is 22.8 Å². The minimum Gasteiger partial charge on any atom is -0.461 e. The molecule has 0 radical (unpaired) electrons. The molecule has 242 valence electrons. The van der Waals surface area contributed by atoms with Gasteiger partial charge in [-0.2, -0.15) is 0 Å². The molecule has 0 unspecified atom stereocenters. The number of esters is 3. The highest BCUT2D eigenvalue weighted by molar-refractivity contribution is 5.90. The monoisotopic (exact) mass is 609 g/mol. The van der Waals surface area contributed by atoms with Gasteiger partial charge in [0, 0.05) is 18.6 Å². The first-order valence-electron chi connectivity index (χ1n) is 15.0. The molecule has 1 rings (SSSR count). The number of ether oxygens (including phenoxy) is 6. The lowest BCUT2D eigenvalue weighted by atomic mass is 10.1. The van der Waals surface area contributed by atoms with Crippen LogP contribution in [0, 0.1) is 10.1 Å². The van der Waals surface area contributed by atoms with E-state index in [2.05, 4.69) is 13.5 Å². The second-order valence-electron chi connectivity index (χ2n) is 9.68. The Hall–Kier alpha value is -3.35. The fraction of sp³-hybridized carbons (Fsp3) is 0.645. The molecule has 0 fully saturated rings. The van der Waals surface area contributed by atoms with Crippen LogP contribution in [-0.4, -0.2) is 75.7 Å². The van der Waals surface area contributed by atoms with Gasteiger partial charge in [0.25, 0.3) is 5.69 Å². The lowest BCUT2D eigenvalue weighted by Crippen LogP contribution is -2.15. The van der Waals surface area contributed by atoms with Crippen molar-refractivity contribution in [2.24, 2.45) is 0 Å². The zero-order valence-corrected chi connectivity index (χ0v) is 25.4. The molecule has 0 aliphatic carbocycles. The smallest absolute Gasteiger partial charge is 0.338 e. The maximum atomic E-state index is 12.3. The summed E-state index contributed by atoms with van der Waals surface area (Å²) >= 11 is 0. The molecule has 43 heavy (non-hydrogen) atoms. The number of carbonyl (C=O) groups excluding carboxylic acids is 3. The summed E-state index contributed by atoms with van der Waals surface area (Å²) in [6, 6.07) is 3.91. The van der Waals surface area contributed by atoms with Gasteiger partial charge < -0.3 is 28.4 Å². The van der Waals surface area contributed by atoms with E-state index in [1.165, 1.54) is 50.7 Å². The van der Waals surface area contributed by atoms with E-state index in [9.17, 15) is 24.5 Å². The van der Waals surface area contributed by atoms with Crippen molar-refractivity contribution in [2.45, 2.75) is 77.7 Å². The molecule has 0 bridgehead atoms. The van der Waals surface area contributed by atoms with Gasteiger partial charge >= 0.3 is 17.9 Å². The van der Waals surface area contributed by atoms with Gasteiger partial charge in [0.2, 0.25) is 0 Å². The highest BCUT2D eigenvalue weighted by atomic mass is 16.6. The predicted octanol–water partition coefficient (Wildman–Crippen LogP) is 5.49. The van der Waals surface area contributed by atoms with Crippen LogP contribution >= 0.6 is 0 Å². The Morgan fingerprint density at radius 2 is 1.30 bits per heavy atom. The Morgan fingerprint density at radius 1 is 0.767 bits per heavy atom. The highest BCUT2D eigenvalue weighted by Gasteiger charge is 2.19. The lowest BCUT2D eigenvalue weighted by molar-refractivity contribution is -0.385. The van der Waals surface area contributed by atoms with E-state index in [0.717, 1.165) is 31.4 Å². The number of hydrogen-bond donors (Lipinski definition) is 0. The molecule has 0 aliphatic rings. The standard InChI is InChI=1S/C31H47NO11/c1-3-5-6-7-8-9-10-11-12-13-30(34)43-25-27-15-14-26(24-28(27)32(36)37)31(35)42-23-21-40-19-17-38-16-18-39-20-22-41-29(33)4-2/h4,14-15,24H,2-3,5-13,16-23,25H2,1H3. The van der Waals surface area contributed by atoms with Crippen LogP contribution in [0.25, 0.3) is 0 Å². The van der Waals surface area contributed by atoms with Gasteiger partial charge in [-0.25, -0.2) is 9.59 Å². The molecule has 0 heterocycles. The molecule has 1 aromatic rings. The van der Waals surface area contributed by atoms with Gasteiger partial charge in [0.05, 0.1) is 55.7 Å². The molecule has 0 atom stereocenters. The number of hydrogen-bond acceptors (Lipinski definition) is 11. The number of rotatable bonds is 27. The largest absolute Gasteiger partial charge is 0.461 e. The average molecular weight is 610 g/mol. The topological polar surface area (TPSA) is 150 Å². The maximum Gasteiger partial charge on any atom is 0.338 e. The van der Waals surface area contributed by atoms with Gasteiger partial charge in [-0.3, -0.25) is 14.9 Å². The van der Waals surface area contributed by atoms with Gasteiger partial charge in [0.15, 0.2) is 0 Å². The molecular weight excluding hydrogens is 562 g/mol. The molecule has 0 aromatic heterocycles. The highest BCUT2D eigenvalue weighted by Crippen LogP contribution is 2.22. The van der Waals surface area contributed by atoms with Gasteiger partial charge in [-0.15, -0.1) is 0 Å². The van der Waals surface area contributed by atoms with Crippen molar-refractivity contribution in [3.05, 3.63) is 52.1 Å². The Bertz CT molecular complexity index is 967. The Morgan fingerprint density at radius 3 is 1.86 bits per heavy atom. The van der Waals surface area contributed by atoms with Crippen LogP contribution in [0.5, 0.6) is 0 Å². The summed E-state index contributed by atoms with van der Waals surface area (Å²) in [5.41, 5.74) is -0.105. The molecule has 0 aliphatic heterocycles. The first kappa shape index (κ1) is 37.7. The SMILES string of the molecule is C=CC(=O)OCCOCCOCCOCCOC(=O)c1ccc(COC(=O)CCCCCCCCCCC)c([N+](=O)[O-])c1. The number of nitrogens with zero attached hydrogens (tertiary/aromatic N) is 1. The second-order valence-corrected chi connectivity index (χ2v) is 9.68. The van der Waals surface area contributed by atoms with E-state index in [0.29, 0.717) is 19.8 Å². The van der Waals surface area contributed by atoms with Gasteiger partial charge in [-0.1, -0.05) is 64.9 Å². The Labute approximate surface area is 254 Å². The predicted molar refractivity (Wildman–Crippen MR) is 159 cm³/mol. The number of nitro benzene ring substituents is 1. The van der Waals surface area contributed by atoms with E-state index in [4.69, 9.17) is 28.4 Å². The van der Waals surface area contributed by atoms with Crippen molar-refractivity contribution in [2.75, 3.05) is 52.9 Å². The van der Waals surface area contributed by atoms with Gasteiger partial charge in [-0.05, 0) is 18.6 Å². The average Bonchev–Trinajstić information content (AvgIpc) is 3.00. The van der Waals surface area contributed by atoms with Crippen LogP contribution in [0.4, 0.5) is 5.69 Å². The molecule has 12 nitrogen and oxygen atoms in total. The van der Waals surface area contributed by atoms with Crippen LogP contribution in [0.3, 0.4) is 0 Å². The van der Waals surface area contributed by atoms with E-state index in [1.54, 1.807) is 0 Å². The van der Waals surface area contributed by atoms with Gasteiger partial charge in [0.1, 0.15) is 19.8 Å². The molecule has 0 N–H and O–H groups in total. The summed E-state index contributed by atoms with van der Waals surface area (Å²) < 4.78 is 31.0. The molecule has 0 spiro atoms. The van der Waals surface area contributed by atoms with Crippen molar-refractivity contribution in [1.29, 1.82) is 0 Å². The third-order valence-electron chi connectivity index (χ3n) is 6.23. The summed E-state index contributed by atoms with van der Waals surface area (Å²) in [6.45, 7) is 6.95. The van der Waals surface area contributed by atoms with E-state index in [1.807, 2.05) is 0 Å². The fourth-order valence-corrected chi connectivity index (χ4v) is 3.87. The second kappa shape index (κ2) is 25.2. The molecule has 1 aromatic carbocycles. The van der Waals surface area contributed by atoms with Crippen LogP contribution in [0.15, 0.2) is 30.9 Å². The summed E-state index contributed by atoms with van der Waals surface area (Å²) in [5.74, 6) is -1.63.